The first kappa shape index (κ1) is 13.1. The molecule has 1 aliphatic heterocycles. The number of rotatable bonds is 4. The van der Waals surface area contributed by atoms with Gasteiger partial charge < -0.3 is 4.90 Å². The molecule has 1 fully saturated rings. The van der Waals surface area contributed by atoms with Gasteiger partial charge in [-0.25, -0.2) is 0 Å². The van der Waals surface area contributed by atoms with Crippen molar-refractivity contribution in [3.05, 3.63) is 0 Å². The summed E-state index contributed by atoms with van der Waals surface area (Å²) in [6, 6.07) is 0. The Balaban J connectivity index is 2.09. The zero-order valence-electron chi connectivity index (χ0n) is 8.39. The van der Waals surface area contributed by atoms with Crippen molar-refractivity contribution < 1.29 is 17.9 Å². The predicted molar refractivity (Wildman–Crippen MR) is 51.9 cm³/mol. The molecule has 90 valence electrons. The third-order valence-corrected chi connectivity index (χ3v) is 3.04. The van der Waals surface area contributed by atoms with Crippen LogP contribution in [0.3, 0.4) is 0 Å². The van der Waals surface area contributed by atoms with E-state index in [-0.39, 0.29) is 6.61 Å². The van der Waals surface area contributed by atoms with Gasteiger partial charge in [0, 0.05) is 12.4 Å². The maximum atomic E-state index is 11.7. The minimum absolute atomic E-state index is 0.283. The van der Waals surface area contributed by atoms with E-state index >= 15 is 0 Å². The molecular weight excluding hydrogens is 231 g/mol. The van der Waals surface area contributed by atoms with Crippen LogP contribution in [0.2, 0.25) is 0 Å². The number of piperidine rings is 1. The van der Waals surface area contributed by atoms with Crippen LogP contribution in [0, 0.1) is 5.92 Å². The summed E-state index contributed by atoms with van der Waals surface area (Å²) in [5, 5.41) is 0. The van der Waals surface area contributed by atoms with Gasteiger partial charge in [-0.2, -0.15) is 0 Å². The molecule has 1 heterocycles. The number of nitrogens with zero attached hydrogens (tertiary/aromatic N) is 1. The van der Waals surface area contributed by atoms with E-state index in [1.54, 1.807) is 0 Å². The lowest BCUT2D eigenvalue weighted by Crippen LogP contribution is -2.37. The van der Waals surface area contributed by atoms with E-state index in [4.69, 9.17) is 11.6 Å². The molecule has 0 aromatic heterocycles. The van der Waals surface area contributed by atoms with Crippen LogP contribution in [0.4, 0.5) is 13.2 Å². The zero-order valence-corrected chi connectivity index (χ0v) is 9.15. The van der Waals surface area contributed by atoms with E-state index in [9.17, 15) is 13.2 Å². The maximum absolute atomic E-state index is 11.7. The van der Waals surface area contributed by atoms with Gasteiger partial charge in [-0.15, -0.1) is 24.8 Å². The molecule has 0 aromatic carbocycles. The van der Waals surface area contributed by atoms with Gasteiger partial charge in [0.25, 0.3) is 0 Å². The van der Waals surface area contributed by atoms with Gasteiger partial charge in [-0.1, -0.05) is 0 Å². The first-order valence-corrected chi connectivity index (χ1v) is 5.53. The third kappa shape index (κ3) is 5.58. The average Bonchev–Trinajstić information content (AvgIpc) is 2.17. The summed E-state index contributed by atoms with van der Waals surface area (Å²) in [7, 11) is 0. The van der Waals surface area contributed by atoms with Crippen molar-refractivity contribution in [2.45, 2.75) is 19.2 Å². The molecular formula is C9H15ClF3NO. The van der Waals surface area contributed by atoms with Crippen molar-refractivity contribution in [2.24, 2.45) is 5.92 Å². The summed E-state index contributed by atoms with van der Waals surface area (Å²) in [5.41, 5.74) is 0. The summed E-state index contributed by atoms with van der Waals surface area (Å²) < 4.78 is 38.7. The molecule has 0 aliphatic carbocycles. The van der Waals surface area contributed by atoms with Gasteiger partial charge in [0.05, 0.1) is 6.61 Å². The van der Waals surface area contributed by atoms with Gasteiger partial charge in [-0.05, 0) is 31.8 Å². The topological polar surface area (TPSA) is 12.5 Å². The Morgan fingerprint density at radius 1 is 1.27 bits per heavy atom. The lowest BCUT2D eigenvalue weighted by molar-refractivity contribution is -0.325. The van der Waals surface area contributed by atoms with E-state index < -0.39 is 6.36 Å². The molecule has 0 aromatic rings. The highest BCUT2D eigenvalue weighted by molar-refractivity contribution is 6.18. The predicted octanol–water partition coefficient (Wildman–Crippen LogP) is 2.47. The molecule has 0 amide bonds. The molecule has 0 atom stereocenters. The van der Waals surface area contributed by atoms with Crippen LogP contribution in [0.1, 0.15) is 12.8 Å². The Bertz CT molecular complexity index is 181. The van der Waals surface area contributed by atoms with Crippen molar-refractivity contribution in [1.29, 1.82) is 0 Å². The summed E-state index contributed by atoms with van der Waals surface area (Å²) in [4.78, 5) is 1.98. The highest BCUT2D eigenvalue weighted by atomic mass is 35.5. The van der Waals surface area contributed by atoms with E-state index in [0.29, 0.717) is 18.3 Å². The number of hydrogen-bond acceptors (Lipinski definition) is 2. The zero-order chi connectivity index (χ0) is 11.3. The molecule has 0 radical (unpaired) electrons. The average molecular weight is 246 g/mol. The number of likely N-dealkylation sites (tertiary alicyclic amines) is 1. The number of hydrogen-bond donors (Lipinski definition) is 0. The molecule has 0 unspecified atom stereocenters. The van der Waals surface area contributed by atoms with Crippen molar-refractivity contribution in [1.82, 2.24) is 4.90 Å². The standard InChI is InChI=1S/C9H15ClF3NO/c10-7-8-1-3-14(4-2-8)5-6-15-9(11,12)13/h8H,1-7H2. The van der Waals surface area contributed by atoms with Gasteiger partial charge in [0.2, 0.25) is 0 Å². The van der Waals surface area contributed by atoms with Crippen LogP contribution in [0.25, 0.3) is 0 Å². The Hall–Kier alpha value is 0. The molecule has 0 spiro atoms. The Morgan fingerprint density at radius 3 is 2.33 bits per heavy atom. The first-order chi connectivity index (χ1) is 7.01. The monoisotopic (exact) mass is 245 g/mol. The number of halogens is 4. The number of alkyl halides is 4. The minimum atomic E-state index is -4.51. The van der Waals surface area contributed by atoms with Crippen LogP contribution in [-0.2, 0) is 4.74 Å². The highest BCUT2D eigenvalue weighted by Gasteiger charge is 2.29. The van der Waals surface area contributed by atoms with Crippen molar-refractivity contribution in [2.75, 3.05) is 32.1 Å². The fourth-order valence-corrected chi connectivity index (χ4v) is 1.96. The molecule has 6 heteroatoms. The largest absolute Gasteiger partial charge is 0.522 e. The van der Waals surface area contributed by atoms with E-state index in [1.165, 1.54) is 0 Å². The lowest BCUT2D eigenvalue weighted by Gasteiger charge is -2.30. The van der Waals surface area contributed by atoms with Crippen LogP contribution in [-0.4, -0.2) is 43.4 Å². The fraction of sp³-hybridized carbons (Fsp3) is 1.00. The molecule has 0 N–H and O–H groups in total. The van der Waals surface area contributed by atoms with Gasteiger partial charge >= 0.3 is 6.36 Å². The van der Waals surface area contributed by atoms with Crippen molar-refractivity contribution in [3.8, 4) is 0 Å². The molecule has 2 nitrogen and oxygen atoms in total. The number of ether oxygens (including phenoxy) is 1. The summed E-state index contributed by atoms with van der Waals surface area (Å²) in [6.45, 7) is 1.70. The molecule has 0 saturated carbocycles. The molecule has 0 bridgehead atoms. The molecule has 15 heavy (non-hydrogen) atoms. The van der Waals surface area contributed by atoms with Gasteiger partial charge in [-0.3, -0.25) is 4.74 Å². The van der Waals surface area contributed by atoms with Gasteiger partial charge in [0.15, 0.2) is 0 Å². The quantitative estimate of drug-likeness (QED) is 0.706. The van der Waals surface area contributed by atoms with Crippen LogP contribution in [0.15, 0.2) is 0 Å². The normalized spacial score (nSPS) is 20.8. The summed E-state index contributed by atoms with van der Waals surface area (Å²) in [6.07, 6.45) is -2.57. The smallest absolute Gasteiger partial charge is 0.301 e. The van der Waals surface area contributed by atoms with Crippen LogP contribution in [0.5, 0.6) is 0 Å². The second kappa shape index (κ2) is 5.92. The summed E-state index contributed by atoms with van der Waals surface area (Å²) >= 11 is 5.70. The van der Waals surface area contributed by atoms with E-state index in [0.717, 1.165) is 25.9 Å². The Morgan fingerprint density at radius 2 is 1.87 bits per heavy atom. The molecule has 1 aliphatic rings. The van der Waals surface area contributed by atoms with E-state index in [1.807, 2.05) is 4.90 Å². The lowest BCUT2D eigenvalue weighted by atomic mass is 9.99. The van der Waals surface area contributed by atoms with E-state index in [2.05, 4.69) is 4.74 Å². The van der Waals surface area contributed by atoms with Crippen LogP contribution >= 0.6 is 11.6 Å². The minimum Gasteiger partial charge on any atom is -0.301 e. The SMILES string of the molecule is FC(F)(F)OCCN1CCC(CCl)CC1. The molecule has 1 rings (SSSR count). The highest BCUT2D eigenvalue weighted by Crippen LogP contribution is 2.19. The third-order valence-electron chi connectivity index (χ3n) is 2.60. The Labute approximate surface area is 92.3 Å². The molecule has 1 saturated heterocycles. The summed E-state index contributed by atoms with van der Waals surface area (Å²) in [5.74, 6) is 1.17. The maximum Gasteiger partial charge on any atom is 0.522 e. The fourth-order valence-electron chi connectivity index (χ4n) is 1.65. The Kier molecular flexibility index (Phi) is 5.15. The van der Waals surface area contributed by atoms with Crippen molar-refractivity contribution >= 4 is 11.6 Å². The second-order valence-corrected chi connectivity index (χ2v) is 4.04. The van der Waals surface area contributed by atoms with Crippen LogP contribution < -0.4 is 0 Å². The first-order valence-electron chi connectivity index (χ1n) is 5.00. The van der Waals surface area contributed by atoms with Crippen molar-refractivity contribution in [3.63, 3.8) is 0 Å². The van der Waals surface area contributed by atoms with Gasteiger partial charge in [0.1, 0.15) is 0 Å². The second-order valence-electron chi connectivity index (χ2n) is 3.73.